The molecule has 0 N–H and O–H groups in total. The first-order valence-corrected chi connectivity index (χ1v) is 19.3. The molecule has 10 aromatic rings. The molecule has 0 atom stereocenters. The van der Waals surface area contributed by atoms with Gasteiger partial charge in [0.2, 0.25) is 0 Å². The molecule has 0 aliphatic rings. The van der Waals surface area contributed by atoms with Crippen molar-refractivity contribution in [1.82, 2.24) is 0 Å². The number of benzene rings is 9. The van der Waals surface area contributed by atoms with E-state index in [-0.39, 0.29) is 0 Å². The first-order chi connectivity index (χ1) is 29.3. The molecule has 0 spiro atoms. The molecule has 290 valence electrons. The summed E-state index contributed by atoms with van der Waals surface area (Å²) in [6.45, 7) is 0. The van der Waals surface area contributed by atoms with Gasteiger partial charge in [-0.3, -0.25) is 0 Å². The number of ether oxygens (including phenoxy) is 4. The van der Waals surface area contributed by atoms with Gasteiger partial charge >= 0.3 is 23.9 Å². The Morgan fingerprint density at radius 3 is 0.733 bits per heavy atom. The zero-order chi connectivity index (χ0) is 41.4. The summed E-state index contributed by atoms with van der Waals surface area (Å²) in [6.07, 6.45) is 0. The quantitative estimate of drug-likeness (QED) is 0.0852. The van der Waals surface area contributed by atoms with Crippen molar-refractivity contribution < 1.29 is 38.1 Å². The summed E-state index contributed by atoms with van der Waals surface area (Å²) in [6, 6.07) is 43.0. The Morgan fingerprint density at radius 2 is 0.500 bits per heavy atom. The van der Waals surface area contributed by atoms with E-state index in [1.807, 2.05) is 48.5 Å². The largest absolute Gasteiger partial charge is 0.465 e. The molecule has 0 heterocycles. The summed E-state index contributed by atoms with van der Waals surface area (Å²) in [5, 5.41) is 10.8. The van der Waals surface area contributed by atoms with Gasteiger partial charge in [-0.25, -0.2) is 19.2 Å². The van der Waals surface area contributed by atoms with Gasteiger partial charge in [0.15, 0.2) is 0 Å². The highest BCUT2D eigenvalue weighted by molar-refractivity contribution is 6.49. The smallest absolute Gasteiger partial charge is 0.337 e. The Kier molecular flexibility index (Phi) is 8.47. The van der Waals surface area contributed by atoms with Gasteiger partial charge in [0.1, 0.15) is 0 Å². The van der Waals surface area contributed by atoms with Crippen LogP contribution in [0.1, 0.15) is 41.4 Å². The standard InChI is InChI=1S/C52H34O8/c1-57-49(53)32-13-5-27(6-14-32)40-36-23-21-31-22-24-37-41(28-7-15-33(16-8-28)50(54)58-2)43(30-11-19-35(20-12-30)52(56)60-4)39-26-25-38(47-45(36)44(31)46(37)48(39)47)42(40)29-9-17-34(18-10-29)51(55)59-3/h5-26H,1-4H3. The van der Waals surface area contributed by atoms with E-state index >= 15 is 0 Å². The maximum absolute atomic E-state index is 12.6. The first-order valence-electron chi connectivity index (χ1n) is 19.3. The topological polar surface area (TPSA) is 105 Å². The van der Waals surface area contributed by atoms with Gasteiger partial charge in [0.05, 0.1) is 50.7 Å². The Morgan fingerprint density at radius 1 is 0.283 bits per heavy atom. The van der Waals surface area contributed by atoms with Gasteiger partial charge in [-0.1, -0.05) is 84.9 Å². The fourth-order valence-corrected chi connectivity index (χ4v) is 9.19. The Bertz CT molecular complexity index is 3110. The lowest BCUT2D eigenvalue weighted by Gasteiger charge is -2.20. The molecule has 8 nitrogen and oxygen atoms in total. The molecule has 60 heavy (non-hydrogen) atoms. The summed E-state index contributed by atoms with van der Waals surface area (Å²) in [4.78, 5) is 50.2. The zero-order valence-electron chi connectivity index (χ0n) is 33.0. The highest BCUT2D eigenvalue weighted by Crippen LogP contribution is 2.57. The Hall–Kier alpha value is -7.84. The Balaban J connectivity index is 1.37. The summed E-state index contributed by atoms with van der Waals surface area (Å²) >= 11 is 0. The van der Waals surface area contributed by atoms with E-state index in [1.165, 1.54) is 28.4 Å². The molecule has 0 radical (unpaired) electrons. The van der Waals surface area contributed by atoms with Gasteiger partial charge in [0.25, 0.3) is 0 Å². The lowest BCUT2D eigenvalue weighted by molar-refractivity contribution is 0.0592. The zero-order valence-corrected chi connectivity index (χ0v) is 33.0. The van der Waals surface area contributed by atoms with Gasteiger partial charge in [-0.2, -0.15) is 0 Å². The molecule has 0 amide bonds. The van der Waals surface area contributed by atoms with E-state index in [0.29, 0.717) is 22.3 Å². The minimum Gasteiger partial charge on any atom is -0.465 e. The number of rotatable bonds is 8. The Labute approximate surface area is 343 Å². The number of hydrogen-bond acceptors (Lipinski definition) is 8. The van der Waals surface area contributed by atoms with Crippen molar-refractivity contribution >= 4 is 77.7 Å². The number of carbonyl (C=O) groups is 4. The third kappa shape index (κ3) is 5.31. The fourth-order valence-electron chi connectivity index (χ4n) is 9.19. The van der Waals surface area contributed by atoms with E-state index < -0.39 is 23.9 Å². The SMILES string of the molecule is COC(=O)c1ccc(-c2c(-c3ccc(C(=O)OC)cc3)c3ccc4c(-c5ccc(C(=O)OC)cc5)c(-c5ccc(C(=O)OC)cc5)c5ccc6ccc2c2c6c5c4c32)cc1. The fraction of sp³-hybridized carbons (Fsp3) is 0.0769. The molecule has 0 aromatic heterocycles. The molecule has 0 aliphatic carbocycles. The highest BCUT2D eigenvalue weighted by Gasteiger charge is 2.30. The molecule has 8 heteroatoms. The van der Waals surface area contributed by atoms with Crippen LogP contribution in [-0.2, 0) is 18.9 Å². The van der Waals surface area contributed by atoms with Crippen LogP contribution in [0.4, 0.5) is 0 Å². The summed E-state index contributed by atoms with van der Waals surface area (Å²) < 4.78 is 20.1. The van der Waals surface area contributed by atoms with Crippen molar-refractivity contribution in [2.24, 2.45) is 0 Å². The summed E-state index contributed by atoms with van der Waals surface area (Å²) in [5.74, 6) is -1.68. The maximum Gasteiger partial charge on any atom is 0.337 e. The minimum absolute atomic E-state index is 0.417. The van der Waals surface area contributed by atoms with E-state index in [0.717, 1.165) is 98.4 Å². The second kappa shape index (κ2) is 13.9. The first kappa shape index (κ1) is 36.5. The van der Waals surface area contributed by atoms with E-state index in [1.54, 1.807) is 48.5 Å². The average Bonchev–Trinajstić information content (AvgIpc) is 3.68. The van der Waals surface area contributed by atoms with Crippen LogP contribution in [-0.4, -0.2) is 52.3 Å². The van der Waals surface area contributed by atoms with Gasteiger partial charge in [0, 0.05) is 0 Å². The third-order valence-corrected chi connectivity index (χ3v) is 11.8. The highest BCUT2D eigenvalue weighted by atomic mass is 16.5. The van der Waals surface area contributed by atoms with Crippen LogP contribution in [0.2, 0.25) is 0 Å². The van der Waals surface area contributed by atoms with Gasteiger partial charge in [-0.15, -0.1) is 0 Å². The molecule has 0 aliphatic heterocycles. The van der Waals surface area contributed by atoms with Crippen molar-refractivity contribution in [2.45, 2.75) is 0 Å². The van der Waals surface area contributed by atoms with Gasteiger partial charge in [-0.05, 0) is 147 Å². The molecule has 10 aromatic carbocycles. The second-order valence-electron chi connectivity index (χ2n) is 14.8. The number of carbonyl (C=O) groups excluding carboxylic acids is 4. The van der Waals surface area contributed by atoms with Crippen molar-refractivity contribution in [2.75, 3.05) is 28.4 Å². The minimum atomic E-state index is -0.421. The summed E-state index contributed by atoms with van der Waals surface area (Å²) in [7, 11) is 5.48. The van der Waals surface area contributed by atoms with Crippen LogP contribution in [0.25, 0.3) is 98.4 Å². The molecule has 0 saturated heterocycles. The van der Waals surface area contributed by atoms with Crippen LogP contribution in [0.15, 0.2) is 133 Å². The van der Waals surface area contributed by atoms with E-state index in [9.17, 15) is 19.2 Å². The molecule has 0 unspecified atom stereocenters. The van der Waals surface area contributed by atoms with E-state index in [4.69, 9.17) is 18.9 Å². The number of methoxy groups -OCH3 is 4. The van der Waals surface area contributed by atoms with E-state index in [2.05, 4.69) is 36.4 Å². The van der Waals surface area contributed by atoms with Crippen molar-refractivity contribution in [3.63, 3.8) is 0 Å². The third-order valence-electron chi connectivity index (χ3n) is 11.8. The van der Waals surface area contributed by atoms with Crippen molar-refractivity contribution in [3.8, 4) is 44.5 Å². The van der Waals surface area contributed by atoms with Crippen LogP contribution in [0, 0.1) is 0 Å². The number of hydrogen-bond donors (Lipinski definition) is 0. The molecular formula is C52H34O8. The van der Waals surface area contributed by atoms with Crippen molar-refractivity contribution in [1.29, 1.82) is 0 Å². The second-order valence-corrected chi connectivity index (χ2v) is 14.8. The van der Waals surface area contributed by atoms with Crippen LogP contribution >= 0.6 is 0 Å². The predicted octanol–water partition coefficient (Wildman–Crippen LogP) is 11.6. The van der Waals surface area contributed by atoms with Crippen LogP contribution < -0.4 is 0 Å². The number of esters is 4. The predicted molar refractivity (Wildman–Crippen MR) is 235 cm³/mol. The summed E-state index contributed by atoms with van der Waals surface area (Å²) in [5.41, 5.74) is 9.35. The van der Waals surface area contributed by atoms with Gasteiger partial charge < -0.3 is 18.9 Å². The lowest BCUT2D eigenvalue weighted by atomic mass is 9.82. The lowest BCUT2D eigenvalue weighted by Crippen LogP contribution is -2.01. The molecular weight excluding hydrogens is 753 g/mol. The monoisotopic (exact) mass is 786 g/mol. The van der Waals surface area contributed by atoms with Crippen LogP contribution in [0.5, 0.6) is 0 Å². The normalized spacial score (nSPS) is 11.6. The maximum atomic E-state index is 12.6. The molecule has 0 saturated carbocycles. The molecule has 0 fully saturated rings. The molecule has 0 bridgehead atoms. The van der Waals surface area contributed by atoms with Crippen molar-refractivity contribution in [3.05, 3.63) is 156 Å². The molecule has 10 rings (SSSR count). The average molecular weight is 787 g/mol. The van der Waals surface area contributed by atoms with Crippen LogP contribution in [0.3, 0.4) is 0 Å².